The second-order valence-electron chi connectivity index (χ2n) is 5.36. The first kappa shape index (κ1) is 16.5. The lowest BCUT2D eigenvalue weighted by Gasteiger charge is -2.18. The van der Waals surface area contributed by atoms with E-state index < -0.39 is 6.10 Å². The van der Waals surface area contributed by atoms with E-state index in [-0.39, 0.29) is 5.91 Å². The first-order valence-electron chi connectivity index (χ1n) is 7.10. The molecule has 1 rings (SSSR count). The zero-order chi connectivity index (χ0) is 15.1. The molecule has 0 heterocycles. The molecular formula is C16H26N2O2. The number of ether oxygens (including phenoxy) is 1. The smallest absolute Gasteiger partial charge is 0.261 e. The number of carbonyl (C=O) groups is 1. The van der Waals surface area contributed by atoms with Gasteiger partial charge in [-0.15, -0.1) is 0 Å². The monoisotopic (exact) mass is 278 g/mol. The van der Waals surface area contributed by atoms with Gasteiger partial charge in [0, 0.05) is 13.1 Å². The molecule has 20 heavy (non-hydrogen) atoms. The van der Waals surface area contributed by atoms with E-state index in [1.807, 2.05) is 51.0 Å². The molecule has 1 aromatic carbocycles. The summed E-state index contributed by atoms with van der Waals surface area (Å²) in [5.74, 6) is 0.704. The van der Waals surface area contributed by atoms with Crippen molar-refractivity contribution in [1.29, 1.82) is 0 Å². The van der Waals surface area contributed by atoms with Crippen molar-refractivity contribution in [2.75, 3.05) is 27.2 Å². The number of hydrogen-bond donors (Lipinski definition) is 1. The predicted molar refractivity (Wildman–Crippen MR) is 82.2 cm³/mol. The van der Waals surface area contributed by atoms with E-state index in [2.05, 4.69) is 12.2 Å². The maximum absolute atomic E-state index is 12.1. The first-order valence-corrected chi connectivity index (χ1v) is 7.10. The summed E-state index contributed by atoms with van der Waals surface area (Å²) in [4.78, 5) is 14.1. The molecule has 4 heteroatoms. The van der Waals surface area contributed by atoms with Gasteiger partial charge in [0.1, 0.15) is 5.75 Å². The summed E-state index contributed by atoms with van der Waals surface area (Å²) in [5, 5.41) is 2.91. The van der Waals surface area contributed by atoms with Crippen molar-refractivity contribution in [2.45, 2.75) is 33.3 Å². The molecule has 0 aromatic heterocycles. The minimum atomic E-state index is -0.431. The van der Waals surface area contributed by atoms with Gasteiger partial charge in [-0.3, -0.25) is 4.79 Å². The number of rotatable bonds is 7. The van der Waals surface area contributed by atoms with Crippen molar-refractivity contribution < 1.29 is 9.53 Å². The molecule has 0 bridgehead atoms. The zero-order valence-electron chi connectivity index (χ0n) is 13.2. The lowest BCUT2D eigenvalue weighted by atomic mass is 10.1. The Morgan fingerprint density at radius 2 is 2.00 bits per heavy atom. The van der Waals surface area contributed by atoms with Gasteiger partial charge in [0.15, 0.2) is 6.10 Å². The van der Waals surface area contributed by atoms with Crippen LogP contribution in [0.15, 0.2) is 18.2 Å². The highest BCUT2D eigenvalue weighted by Gasteiger charge is 2.17. The van der Waals surface area contributed by atoms with Gasteiger partial charge in [-0.25, -0.2) is 0 Å². The Morgan fingerprint density at radius 3 is 2.55 bits per heavy atom. The quantitative estimate of drug-likeness (QED) is 0.831. The highest BCUT2D eigenvalue weighted by molar-refractivity contribution is 5.81. The van der Waals surface area contributed by atoms with Crippen LogP contribution in [0.25, 0.3) is 0 Å². The molecule has 1 unspecified atom stereocenters. The molecule has 0 aliphatic rings. The minimum Gasteiger partial charge on any atom is -0.481 e. The van der Waals surface area contributed by atoms with Gasteiger partial charge in [-0.2, -0.15) is 0 Å². The van der Waals surface area contributed by atoms with Gasteiger partial charge in [0.05, 0.1) is 0 Å². The Morgan fingerprint density at radius 1 is 1.30 bits per heavy atom. The van der Waals surface area contributed by atoms with E-state index in [1.165, 1.54) is 11.1 Å². The van der Waals surface area contributed by atoms with Crippen LogP contribution in [0.4, 0.5) is 0 Å². The molecule has 0 saturated carbocycles. The summed E-state index contributed by atoms with van der Waals surface area (Å²) in [6.07, 6.45) is 0.222. The predicted octanol–water partition coefficient (Wildman–Crippen LogP) is 2.14. The number of amides is 1. The largest absolute Gasteiger partial charge is 0.481 e. The number of nitrogens with zero attached hydrogens (tertiary/aromatic N) is 1. The molecule has 0 fully saturated rings. The number of likely N-dealkylation sites (N-methyl/N-ethyl adjacent to an activating group) is 1. The molecule has 1 amide bonds. The molecule has 0 saturated heterocycles. The SMILES string of the molecule is CCC(Oc1ccc(C)c(C)c1)C(=O)NCCN(C)C. The summed E-state index contributed by atoms with van der Waals surface area (Å²) in [6, 6.07) is 5.91. The molecule has 4 nitrogen and oxygen atoms in total. The second kappa shape index (κ2) is 7.90. The van der Waals surface area contributed by atoms with Crippen LogP contribution >= 0.6 is 0 Å². The number of benzene rings is 1. The van der Waals surface area contributed by atoms with E-state index in [0.717, 1.165) is 12.3 Å². The van der Waals surface area contributed by atoms with Crippen molar-refractivity contribution in [3.8, 4) is 5.75 Å². The van der Waals surface area contributed by atoms with Crippen molar-refractivity contribution in [3.63, 3.8) is 0 Å². The zero-order valence-corrected chi connectivity index (χ0v) is 13.2. The summed E-state index contributed by atoms with van der Waals surface area (Å²) >= 11 is 0. The van der Waals surface area contributed by atoms with Crippen LogP contribution in [0.3, 0.4) is 0 Å². The van der Waals surface area contributed by atoms with E-state index in [0.29, 0.717) is 13.0 Å². The number of aryl methyl sites for hydroxylation is 2. The Hall–Kier alpha value is -1.55. The first-order chi connectivity index (χ1) is 9.43. The van der Waals surface area contributed by atoms with Crippen LogP contribution in [-0.4, -0.2) is 44.1 Å². The Labute approximate surface area is 122 Å². The summed E-state index contributed by atoms with van der Waals surface area (Å²) < 4.78 is 5.79. The molecule has 0 spiro atoms. The van der Waals surface area contributed by atoms with Crippen molar-refractivity contribution in [2.24, 2.45) is 0 Å². The molecule has 0 radical (unpaired) electrons. The van der Waals surface area contributed by atoms with Gasteiger partial charge in [-0.05, 0) is 57.6 Å². The maximum atomic E-state index is 12.1. The number of nitrogens with one attached hydrogen (secondary N) is 1. The van der Waals surface area contributed by atoms with Crippen LogP contribution in [-0.2, 0) is 4.79 Å². The fourth-order valence-corrected chi connectivity index (χ4v) is 1.79. The Bertz CT molecular complexity index is 444. The van der Waals surface area contributed by atoms with Gasteiger partial charge < -0.3 is 15.0 Å². The van der Waals surface area contributed by atoms with Crippen molar-refractivity contribution in [3.05, 3.63) is 29.3 Å². The standard InChI is InChI=1S/C16H26N2O2/c1-6-15(16(19)17-9-10-18(4)5)20-14-8-7-12(2)13(3)11-14/h7-8,11,15H,6,9-10H2,1-5H3,(H,17,19). The van der Waals surface area contributed by atoms with Crippen LogP contribution in [0, 0.1) is 13.8 Å². The summed E-state index contributed by atoms with van der Waals surface area (Å²) in [7, 11) is 3.96. The average Bonchev–Trinajstić information content (AvgIpc) is 2.39. The molecule has 0 aliphatic carbocycles. The van der Waals surface area contributed by atoms with Crippen LogP contribution in [0.1, 0.15) is 24.5 Å². The van der Waals surface area contributed by atoms with Crippen molar-refractivity contribution >= 4 is 5.91 Å². The normalized spacial score (nSPS) is 12.3. The highest BCUT2D eigenvalue weighted by atomic mass is 16.5. The van der Waals surface area contributed by atoms with Crippen LogP contribution < -0.4 is 10.1 Å². The van der Waals surface area contributed by atoms with Gasteiger partial charge in [0.25, 0.3) is 5.91 Å². The minimum absolute atomic E-state index is 0.0485. The fraction of sp³-hybridized carbons (Fsp3) is 0.562. The third-order valence-corrected chi connectivity index (χ3v) is 3.28. The van der Waals surface area contributed by atoms with Gasteiger partial charge in [-0.1, -0.05) is 13.0 Å². The van der Waals surface area contributed by atoms with Gasteiger partial charge in [0.2, 0.25) is 0 Å². The van der Waals surface area contributed by atoms with E-state index >= 15 is 0 Å². The third-order valence-electron chi connectivity index (χ3n) is 3.28. The van der Waals surface area contributed by atoms with Crippen LogP contribution in [0.5, 0.6) is 5.75 Å². The maximum Gasteiger partial charge on any atom is 0.261 e. The lowest BCUT2D eigenvalue weighted by molar-refractivity contribution is -0.128. The highest BCUT2D eigenvalue weighted by Crippen LogP contribution is 2.18. The summed E-state index contributed by atoms with van der Waals surface area (Å²) in [6.45, 7) is 7.52. The average molecular weight is 278 g/mol. The molecule has 1 N–H and O–H groups in total. The van der Waals surface area contributed by atoms with E-state index in [9.17, 15) is 4.79 Å². The molecule has 1 atom stereocenters. The summed E-state index contributed by atoms with van der Waals surface area (Å²) in [5.41, 5.74) is 2.39. The lowest BCUT2D eigenvalue weighted by Crippen LogP contribution is -2.40. The molecule has 1 aromatic rings. The Balaban J connectivity index is 2.57. The van der Waals surface area contributed by atoms with Crippen LogP contribution in [0.2, 0.25) is 0 Å². The number of carbonyl (C=O) groups excluding carboxylic acids is 1. The topological polar surface area (TPSA) is 41.6 Å². The molecule has 0 aliphatic heterocycles. The molecule has 112 valence electrons. The number of hydrogen-bond acceptors (Lipinski definition) is 3. The molecular weight excluding hydrogens is 252 g/mol. The van der Waals surface area contributed by atoms with E-state index in [4.69, 9.17) is 4.74 Å². The van der Waals surface area contributed by atoms with Crippen molar-refractivity contribution in [1.82, 2.24) is 10.2 Å². The second-order valence-corrected chi connectivity index (χ2v) is 5.36. The Kier molecular flexibility index (Phi) is 6.52. The van der Waals surface area contributed by atoms with E-state index in [1.54, 1.807) is 0 Å². The fourth-order valence-electron chi connectivity index (χ4n) is 1.79. The van der Waals surface area contributed by atoms with Gasteiger partial charge >= 0.3 is 0 Å². The third kappa shape index (κ3) is 5.21.